The largest absolute Gasteiger partial charge is 0.467 e. The van der Waals surface area contributed by atoms with Crippen molar-refractivity contribution in [3.8, 4) is 6.07 Å². The van der Waals surface area contributed by atoms with Crippen molar-refractivity contribution in [1.82, 2.24) is 10.2 Å². The Morgan fingerprint density at radius 3 is 2.60 bits per heavy atom. The van der Waals surface area contributed by atoms with Crippen LogP contribution in [0, 0.1) is 11.3 Å². The molecule has 3 rings (SSSR count). The monoisotopic (exact) mass is 357 g/mol. The second-order valence-electron chi connectivity index (χ2n) is 5.32. The third-order valence-corrected chi connectivity index (χ3v) is 4.80. The van der Waals surface area contributed by atoms with Crippen LogP contribution in [0.15, 0.2) is 56.2 Å². The fourth-order valence-corrected chi connectivity index (χ4v) is 3.47. The molecule has 25 heavy (non-hydrogen) atoms. The lowest BCUT2D eigenvalue weighted by atomic mass is 10.2. The van der Waals surface area contributed by atoms with E-state index in [1.165, 1.54) is 29.2 Å². The molecule has 7 nitrogen and oxygen atoms in total. The fourth-order valence-electron chi connectivity index (χ4n) is 2.37. The third kappa shape index (κ3) is 3.61. The summed E-state index contributed by atoms with van der Waals surface area (Å²) in [5, 5.41) is 12.1. The van der Waals surface area contributed by atoms with Gasteiger partial charge in [-0.3, -0.25) is 14.5 Å². The Hall–Kier alpha value is -2.92. The molecule has 3 heterocycles. The van der Waals surface area contributed by atoms with E-state index < -0.39 is 5.91 Å². The number of carbonyl (C=O) groups excluding carboxylic acids is 2. The van der Waals surface area contributed by atoms with Crippen LogP contribution in [0.2, 0.25) is 0 Å². The molecule has 0 spiro atoms. The number of rotatable bonds is 5. The first kappa shape index (κ1) is 16.9. The zero-order valence-electron chi connectivity index (χ0n) is 13.4. The summed E-state index contributed by atoms with van der Waals surface area (Å²) in [7, 11) is 0. The summed E-state index contributed by atoms with van der Waals surface area (Å²) >= 11 is 1.20. The van der Waals surface area contributed by atoms with Crippen LogP contribution in [0.5, 0.6) is 0 Å². The van der Waals surface area contributed by atoms with Crippen LogP contribution in [-0.2, 0) is 22.7 Å². The zero-order valence-corrected chi connectivity index (χ0v) is 14.2. The van der Waals surface area contributed by atoms with E-state index in [1.807, 2.05) is 6.07 Å². The predicted molar refractivity (Wildman–Crippen MR) is 89.5 cm³/mol. The summed E-state index contributed by atoms with van der Waals surface area (Å²) in [4.78, 5) is 26.2. The van der Waals surface area contributed by atoms with Gasteiger partial charge >= 0.3 is 0 Å². The molecule has 2 aromatic heterocycles. The highest BCUT2D eigenvalue weighted by Gasteiger charge is 2.37. The minimum Gasteiger partial charge on any atom is -0.467 e. The van der Waals surface area contributed by atoms with Gasteiger partial charge in [0.25, 0.3) is 5.91 Å². The van der Waals surface area contributed by atoms with Crippen molar-refractivity contribution in [3.63, 3.8) is 0 Å². The molecular formula is C17H15N3O4S. The first-order chi connectivity index (χ1) is 12.1. The Morgan fingerprint density at radius 1 is 1.32 bits per heavy atom. The molecular weight excluding hydrogens is 342 g/mol. The van der Waals surface area contributed by atoms with Crippen molar-refractivity contribution in [1.29, 1.82) is 5.26 Å². The van der Waals surface area contributed by atoms with Crippen molar-refractivity contribution in [2.75, 3.05) is 0 Å². The maximum atomic E-state index is 12.4. The number of hydrogen-bond donors (Lipinski definition) is 1. The Bertz CT molecular complexity index is 834. The number of nitrogens with one attached hydrogen (secondary N) is 1. The third-order valence-electron chi connectivity index (χ3n) is 3.60. The van der Waals surface area contributed by atoms with E-state index >= 15 is 0 Å². The molecule has 1 atom stereocenters. The van der Waals surface area contributed by atoms with Gasteiger partial charge in [0.15, 0.2) is 0 Å². The van der Waals surface area contributed by atoms with E-state index in [0.717, 1.165) is 0 Å². The first-order valence-corrected chi connectivity index (χ1v) is 8.43. The van der Waals surface area contributed by atoms with Crippen LogP contribution in [0.1, 0.15) is 18.4 Å². The van der Waals surface area contributed by atoms with Gasteiger partial charge in [0.1, 0.15) is 28.2 Å². The first-order valence-electron chi connectivity index (χ1n) is 7.55. The van der Waals surface area contributed by atoms with Gasteiger partial charge in [-0.15, -0.1) is 0 Å². The van der Waals surface area contributed by atoms with E-state index in [2.05, 4.69) is 5.32 Å². The molecule has 0 radical (unpaired) electrons. The quantitative estimate of drug-likeness (QED) is 0.651. The molecule has 0 unspecified atom stereocenters. The summed E-state index contributed by atoms with van der Waals surface area (Å²) in [5.74, 6) is 0.441. The topological polar surface area (TPSA) is 99.5 Å². The zero-order chi connectivity index (χ0) is 17.8. The highest BCUT2D eigenvalue weighted by molar-refractivity contribution is 8.04. The molecule has 2 aromatic rings. The maximum absolute atomic E-state index is 12.4. The highest BCUT2D eigenvalue weighted by atomic mass is 32.2. The van der Waals surface area contributed by atoms with E-state index in [0.29, 0.717) is 16.5 Å². The molecule has 1 N–H and O–H groups in total. The molecule has 0 saturated carbocycles. The lowest BCUT2D eigenvalue weighted by Gasteiger charge is -2.17. The smallest absolute Gasteiger partial charge is 0.265 e. The lowest BCUT2D eigenvalue weighted by molar-refractivity contribution is -0.127. The molecule has 1 aliphatic heterocycles. The van der Waals surface area contributed by atoms with Crippen molar-refractivity contribution in [3.05, 3.63) is 58.9 Å². The molecule has 1 fully saturated rings. The van der Waals surface area contributed by atoms with Gasteiger partial charge in [0.05, 0.1) is 30.9 Å². The molecule has 2 amide bonds. The molecule has 128 valence electrons. The van der Waals surface area contributed by atoms with E-state index in [1.54, 1.807) is 31.2 Å². The van der Waals surface area contributed by atoms with Gasteiger partial charge in [-0.05, 0) is 31.2 Å². The second-order valence-corrected chi connectivity index (χ2v) is 6.65. The SMILES string of the molecule is C[C@@H]1S/C(=C(\C#N)C(=O)NCc2ccco2)N(Cc2ccco2)C1=O. The van der Waals surface area contributed by atoms with Crippen LogP contribution < -0.4 is 5.32 Å². The number of furan rings is 2. The Labute approximate surface area is 148 Å². The van der Waals surface area contributed by atoms with Gasteiger partial charge in [-0.2, -0.15) is 5.26 Å². The van der Waals surface area contributed by atoms with Gasteiger partial charge < -0.3 is 14.2 Å². The molecule has 0 aliphatic carbocycles. The van der Waals surface area contributed by atoms with Crippen LogP contribution >= 0.6 is 11.8 Å². The Kier molecular flexibility index (Phi) is 4.95. The second kappa shape index (κ2) is 7.32. The van der Waals surface area contributed by atoms with Crippen LogP contribution in [-0.4, -0.2) is 22.0 Å². The average Bonchev–Trinajstić information content (AvgIpc) is 3.34. The van der Waals surface area contributed by atoms with Crippen molar-refractivity contribution in [2.45, 2.75) is 25.3 Å². The normalized spacial score (nSPS) is 19.0. The van der Waals surface area contributed by atoms with E-state index in [4.69, 9.17) is 8.83 Å². The summed E-state index contributed by atoms with van der Waals surface area (Å²) in [6, 6.07) is 8.81. The number of carbonyl (C=O) groups is 2. The summed E-state index contributed by atoms with van der Waals surface area (Å²) in [5.41, 5.74) is -0.0965. The molecule has 1 saturated heterocycles. The van der Waals surface area contributed by atoms with Crippen molar-refractivity contribution < 1.29 is 18.4 Å². The van der Waals surface area contributed by atoms with Crippen molar-refractivity contribution in [2.24, 2.45) is 0 Å². The minimum atomic E-state index is -0.548. The number of nitriles is 1. The predicted octanol–water partition coefficient (Wildman–Crippen LogP) is 2.39. The average molecular weight is 357 g/mol. The lowest BCUT2D eigenvalue weighted by Crippen LogP contribution is -2.30. The molecule has 0 aromatic carbocycles. The molecule has 0 bridgehead atoms. The number of amides is 2. The highest BCUT2D eigenvalue weighted by Crippen LogP contribution is 2.38. The standard InChI is InChI=1S/C17H15N3O4S/c1-11-16(22)20(10-13-5-3-7-24-13)17(25-11)14(8-18)15(21)19-9-12-4-2-6-23-12/h2-7,11H,9-10H2,1H3,(H,19,21)/b17-14+/t11-/m0/s1. The van der Waals surface area contributed by atoms with E-state index in [-0.39, 0.29) is 29.8 Å². The number of thioether (sulfide) groups is 1. The van der Waals surface area contributed by atoms with Gasteiger partial charge in [0, 0.05) is 0 Å². The Balaban J connectivity index is 1.83. The molecule has 8 heteroatoms. The Morgan fingerprint density at radius 2 is 2.00 bits per heavy atom. The summed E-state index contributed by atoms with van der Waals surface area (Å²) < 4.78 is 10.4. The summed E-state index contributed by atoms with van der Waals surface area (Å²) in [6.45, 7) is 2.08. The molecule has 1 aliphatic rings. The summed E-state index contributed by atoms with van der Waals surface area (Å²) in [6.07, 6.45) is 3.01. The van der Waals surface area contributed by atoms with Gasteiger partial charge in [-0.1, -0.05) is 11.8 Å². The fraction of sp³-hybridized carbons (Fsp3) is 0.235. The number of nitrogens with zero attached hydrogens (tertiary/aromatic N) is 2. The van der Waals surface area contributed by atoms with Crippen LogP contribution in [0.25, 0.3) is 0 Å². The van der Waals surface area contributed by atoms with Gasteiger partial charge in [-0.25, -0.2) is 0 Å². The number of hydrogen-bond acceptors (Lipinski definition) is 6. The maximum Gasteiger partial charge on any atom is 0.265 e. The van der Waals surface area contributed by atoms with Crippen LogP contribution in [0.4, 0.5) is 0 Å². The van der Waals surface area contributed by atoms with E-state index in [9.17, 15) is 14.9 Å². The van der Waals surface area contributed by atoms with Crippen molar-refractivity contribution >= 4 is 23.6 Å². The van der Waals surface area contributed by atoms with Crippen LogP contribution in [0.3, 0.4) is 0 Å². The van der Waals surface area contributed by atoms with Gasteiger partial charge in [0.2, 0.25) is 5.91 Å². The minimum absolute atomic E-state index is 0.0965.